The molecule has 1 N–H and O–H groups in total. The normalized spacial score (nSPS) is 11.0. The number of aromatic carboxylic acids is 1. The summed E-state index contributed by atoms with van der Waals surface area (Å²) in [5.41, 5.74) is 3.24. The van der Waals surface area contributed by atoms with Crippen LogP contribution >= 0.6 is 11.6 Å². The molecule has 0 aliphatic carbocycles. The fourth-order valence-corrected chi connectivity index (χ4v) is 4.60. The number of carboxylic acids is 1. The van der Waals surface area contributed by atoms with Crippen LogP contribution < -0.4 is 5.56 Å². The second-order valence-electron chi connectivity index (χ2n) is 8.48. The van der Waals surface area contributed by atoms with E-state index in [-0.39, 0.29) is 22.3 Å². The molecule has 0 fully saturated rings. The Morgan fingerprint density at radius 1 is 0.971 bits per heavy atom. The minimum atomic E-state index is -1.15. The summed E-state index contributed by atoms with van der Waals surface area (Å²) in [6, 6.07) is 17.1. The van der Waals surface area contributed by atoms with E-state index in [1.807, 2.05) is 31.2 Å². The summed E-state index contributed by atoms with van der Waals surface area (Å²) in [4.78, 5) is 25.4. The molecule has 178 valence electrons. The zero-order valence-electron chi connectivity index (χ0n) is 19.6. The van der Waals surface area contributed by atoms with Crippen molar-refractivity contribution in [3.63, 3.8) is 0 Å². The highest BCUT2D eigenvalue weighted by molar-refractivity contribution is 6.31. The summed E-state index contributed by atoms with van der Waals surface area (Å²) in [6.07, 6.45) is 0.974. The van der Waals surface area contributed by atoms with Gasteiger partial charge in [-0.15, -0.1) is 0 Å². The lowest BCUT2D eigenvalue weighted by Gasteiger charge is -2.19. The van der Waals surface area contributed by atoms with Gasteiger partial charge in [0.25, 0.3) is 5.56 Å². The number of hydrogen-bond acceptors (Lipinski definition) is 3. The van der Waals surface area contributed by atoms with Crippen LogP contribution in [0.4, 0.5) is 4.39 Å². The third-order valence-corrected chi connectivity index (χ3v) is 6.44. The molecule has 1 aromatic heterocycles. The Morgan fingerprint density at radius 3 is 2.34 bits per heavy atom. The molecule has 4 rings (SSSR count). The lowest BCUT2D eigenvalue weighted by molar-refractivity contribution is 0.0697. The number of halogens is 2. The van der Waals surface area contributed by atoms with Crippen molar-refractivity contribution in [1.82, 2.24) is 9.78 Å². The third-order valence-electron chi connectivity index (χ3n) is 6.09. The van der Waals surface area contributed by atoms with Crippen LogP contribution in [0.25, 0.3) is 22.3 Å². The Labute approximate surface area is 207 Å². The van der Waals surface area contributed by atoms with Crippen LogP contribution in [0.2, 0.25) is 5.02 Å². The van der Waals surface area contributed by atoms with Crippen molar-refractivity contribution < 1.29 is 14.3 Å². The van der Waals surface area contributed by atoms with Crippen molar-refractivity contribution in [2.24, 2.45) is 7.05 Å². The highest BCUT2D eigenvalue weighted by Gasteiger charge is 2.26. The number of benzene rings is 3. The van der Waals surface area contributed by atoms with Gasteiger partial charge in [-0.05, 0) is 61.6 Å². The predicted octanol–water partition coefficient (Wildman–Crippen LogP) is 6.01. The first-order chi connectivity index (χ1) is 16.7. The first-order valence-electron chi connectivity index (χ1n) is 11.1. The van der Waals surface area contributed by atoms with Crippen molar-refractivity contribution in [2.75, 3.05) is 0 Å². The number of rotatable bonds is 6. The molecule has 7 heteroatoms. The van der Waals surface area contributed by atoms with Crippen molar-refractivity contribution in [3.8, 4) is 22.3 Å². The molecule has 1 heterocycles. The van der Waals surface area contributed by atoms with E-state index in [1.54, 1.807) is 25.1 Å². The van der Waals surface area contributed by atoms with Crippen molar-refractivity contribution in [2.45, 2.75) is 26.7 Å². The minimum Gasteiger partial charge on any atom is -0.478 e. The van der Waals surface area contributed by atoms with Crippen LogP contribution in [0.15, 0.2) is 65.5 Å². The maximum atomic E-state index is 15.5. The fraction of sp³-hybridized carbons (Fsp3) is 0.179. The van der Waals surface area contributed by atoms with Crippen LogP contribution in [0, 0.1) is 19.7 Å². The molecule has 0 aliphatic heterocycles. The van der Waals surface area contributed by atoms with Crippen molar-refractivity contribution in [1.29, 1.82) is 0 Å². The topological polar surface area (TPSA) is 72.2 Å². The summed E-state index contributed by atoms with van der Waals surface area (Å²) in [7, 11) is 1.49. The molecule has 5 nitrogen and oxygen atoms in total. The van der Waals surface area contributed by atoms with Crippen LogP contribution in [-0.2, 0) is 19.9 Å². The number of nitrogens with zero attached hydrogens (tertiary/aromatic N) is 2. The van der Waals surface area contributed by atoms with Gasteiger partial charge in [0.05, 0.1) is 16.8 Å². The average Bonchev–Trinajstić information content (AvgIpc) is 2.83. The van der Waals surface area contributed by atoms with Gasteiger partial charge in [-0.25, -0.2) is 13.9 Å². The SMILES string of the molecule is Cc1ccc(CCc2c(Cl)ccc(F)c2-c2c(-c3ccccc3C(=O)O)c(C)nn(C)c2=O)cc1. The van der Waals surface area contributed by atoms with Gasteiger partial charge >= 0.3 is 5.97 Å². The molecule has 0 spiro atoms. The molecular formula is C28H24ClFN2O3. The van der Waals surface area contributed by atoms with Crippen LogP contribution in [-0.4, -0.2) is 20.9 Å². The lowest BCUT2D eigenvalue weighted by Crippen LogP contribution is -2.25. The van der Waals surface area contributed by atoms with Crippen LogP contribution in [0.5, 0.6) is 0 Å². The zero-order chi connectivity index (χ0) is 25.3. The number of carboxylic acid groups (broad SMARTS) is 1. The summed E-state index contributed by atoms with van der Waals surface area (Å²) in [5.74, 6) is -1.76. The molecule has 0 bridgehead atoms. The molecule has 0 radical (unpaired) electrons. The van der Waals surface area contributed by atoms with E-state index < -0.39 is 17.3 Å². The molecular weight excluding hydrogens is 467 g/mol. The lowest BCUT2D eigenvalue weighted by atomic mass is 9.88. The maximum Gasteiger partial charge on any atom is 0.336 e. The Kier molecular flexibility index (Phi) is 6.85. The van der Waals surface area contributed by atoms with Gasteiger partial charge in [0, 0.05) is 23.2 Å². The molecule has 0 amide bonds. The van der Waals surface area contributed by atoms with Gasteiger partial charge in [0.15, 0.2) is 0 Å². The number of hydrogen-bond donors (Lipinski definition) is 1. The van der Waals surface area contributed by atoms with E-state index in [9.17, 15) is 14.7 Å². The number of aryl methyl sites for hydroxylation is 4. The third kappa shape index (κ3) is 4.75. The quantitative estimate of drug-likeness (QED) is 0.359. The Hall–Kier alpha value is -3.77. The van der Waals surface area contributed by atoms with E-state index in [2.05, 4.69) is 5.10 Å². The summed E-state index contributed by atoms with van der Waals surface area (Å²) < 4.78 is 16.7. The van der Waals surface area contributed by atoms with Gasteiger partial charge in [-0.1, -0.05) is 59.6 Å². The molecule has 3 aromatic carbocycles. The summed E-state index contributed by atoms with van der Waals surface area (Å²) >= 11 is 6.57. The first kappa shape index (κ1) is 24.4. The standard InChI is InChI=1S/C28H24ClFN2O3/c1-16-8-10-18(11-9-16)12-13-21-22(29)14-15-23(30)25(21)26-24(17(2)31-32(3)27(26)33)19-6-4-5-7-20(19)28(34)35/h4-11,14-15H,12-13H2,1-3H3,(H,34,35). The second kappa shape index (κ2) is 9.84. The van der Waals surface area contributed by atoms with Crippen LogP contribution in [0.1, 0.15) is 32.7 Å². The highest BCUT2D eigenvalue weighted by Crippen LogP contribution is 2.39. The van der Waals surface area contributed by atoms with E-state index >= 15 is 4.39 Å². The van der Waals surface area contributed by atoms with Gasteiger partial charge < -0.3 is 5.11 Å². The van der Waals surface area contributed by atoms with E-state index in [4.69, 9.17) is 11.6 Å². The minimum absolute atomic E-state index is 0.00413. The van der Waals surface area contributed by atoms with Crippen molar-refractivity contribution >= 4 is 17.6 Å². The smallest absolute Gasteiger partial charge is 0.336 e. The largest absolute Gasteiger partial charge is 0.478 e. The van der Waals surface area contributed by atoms with Crippen LogP contribution in [0.3, 0.4) is 0 Å². The fourth-order valence-electron chi connectivity index (χ4n) is 4.35. The maximum absolute atomic E-state index is 15.5. The molecule has 4 aromatic rings. The second-order valence-corrected chi connectivity index (χ2v) is 8.89. The Morgan fingerprint density at radius 2 is 1.66 bits per heavy atom. The van der Waals surface area contributed by atoms with E-state index in [0.717, 1.165) is 15.8 Å². The molecule has 0 saturated carbocycles. The van der Waals surface area contributed by atoms with Crippen molar-refractivity contribution in [3.05, 3.63) is 110 Å². The number of aromatic nitrogens is 2. The predicted molar refractivity (Wildman–Crippen MR) is 136 cm³/mol. The number of carbonyl (C=O) groups is 1. The van der Waals surface area contributed by atoms with Gasteiger partial charge in [-0.3, -0.25) is 4.79 Å². The zero-order valence-corrected chi connectivity index (χ0v) is 20.4. The molecule has 0 saturated heterocycles. The molecule has 0 aliphatic rings. The Balaban J connectivity index is 1.99. The average molecular weight is 491 g/mol. The monoisotopic (exact) mass is 490 g/mol. The van der Waals surface area contributed by atoms with Gasteiger partial charge in [0.1, 0.15) is 5.82 Å². The first-order valence-corrected chi connectivity index (χ1v) is 11.5. The summed E-state index contributed by atoms with van der Waals surface area (Å²) in [5, 5.41) is 14.4. The highest BCUT2D eigenvalue weighted by atomic mass is 35.5. The van der Waals surface area contributed by atoms with Gasteiger partial charge in [-0.2, -0.15) is 5.10 Å². The Bertz CT molecular complexity index is 1490. The molecule has 0 atom stereocenters. The summed E-state index contributed by atoms with van der Waals surface area (Å²) in [6.45, 7) is 3.68. The molecule has 0 unspecified atom stereocenters. The molecule has 35 heavy (non-hydrogen) atoms. The van der Waals surface area contributed by atoms with E-state index in [0.29, 0.717) is 34.7 Å². The van der Waals surface area contributed by atoms with Gasteiger partial charge in [0.2, 0.25) is 0 Å². The van der Waals surface area contributed by atoms with E-state index in [1.165, 1.54) is 25.2 Å².